The van der Waals surface area contributed by atoms with Crippen molar-refractivity contribution in [3.63, 3.8) is 0 Å². The van der Waals surface area contributed by atoms with Gasteiger partial charge < -0.3 is 33.4 Å². The van der Waals surface area contributed by atoms with Crippen LogP contribution in [0.1, 0.15) is 5.56 Å². The first-order chi connectivity index (χ1) is 9.94. The van der Waals surface area contributed by atoms with Crippen LogP contribution in [0.4, 0.5) is 5.82 Å². The minimum atomic E-state index is 0. The van der Waals surface area contributed by atoms with E-state index in [1.165, 1.54) is 5.56 Å². The Balaban J connectivity index is 0.00000242. The van der Waals surface area contributed by atoms with Crippen molar-refractivity contribution in [2.75, 3.05) is 39.1 Å². The molecule has 2 aromatic rings. The van der Waals surface area contributed by atoms with E-state index in [1.54, 1.807) is 0 Å². The molecule has 0 radical (unpaired) electrons. The van der Waals surface area contributed by atoms with Gasteiger partial charge >= 0.3 is 0 Å². The summed E-state index contributed by atoms with van der Waals surface area (Å²) in [5.74, 6) is 1.01. The second-order valence-electron chi connectivity index (χ2n) is 6.25. The first kappa shape index (κ1) is 19.2. The van der Waals surface area contributed by atoms with Crippen LogP contribution in [0.3, 0.4) is 0 Å². The van der Waals surface area contributed by atoms with Gasteiger partial charge in [-0.05, 0) is 29.8 Å². The van der Waals surface area contributed by atoms with Gasteiger partial charge in [-0.3, -0.25) is 0 Å². The molecule has 3 nitrogen and oxygen atoms in total. The van der Waals surface area contributed by atoms with E-state index in [-0.39, 0.29) is 24.0 Å². The predicted molar refractivity (Wildman–Crippen MR) is 89.6 cm³/mol. The zero-order chi connectivity index (χ0) is 15.3. The fourth-order valence-electron chi connectivity index (χ4n) is 2.05. The SMILES string of the molecule is C[N+](C)(C)CCN(Cc1ccc(Cl)cc1)c1ccccn1.[I-]. The van der Waals surface area contributed by atoms with Crippen molar-refractivity contribution in [3.05, 3.63) is 59.2 Å². The zero-order valence-electron chi connectivity index (χ0n) is 13.3. The van der Waals surface area contributed by atoms with Gasteiger partial charge in [0.05, 0.1) is 34.2 Å². The maximum atomic E-state index is 5.96. The summed E-state index contributed by atoms with van der Waals surface area (Å²) in [7, 11) is 6.62. The molecular formula is C17H23ClIN3. The Hall–Kier alpha value is -0.850. The van der Waals surface area contributed by atoms with Crippen LogP contribution in [0.25, 0.3) is 0 Å². The van der Waals surface area contributed by atoms with E-state index in [9.17, 15) is 0 Å². The maximum absolute atomic E-state index is 5.96. The number of hydrogen-bond donors (Lipinski definition) is 0. The monoisotopic (exact) mass is 431 g/mol. The number of benzene rings is 1. The number of anilines is 1. The Kier molecular flexibility index (Phi) is 7.59. The highest BCUT2D eigenvalue weighted by atomic mass is 127. The van der Waals surface area contributed by atoms with Gasteiger partial charge in [0.15, 0.2) is 0 Å². The molecule has 1 heterocycles. The van der Waals surface area contributed by atoms with E-state index in [1.807, 2.05) is 30.5 Å². The molecule has 0 saturated carbocycles. The topological polar surface area (TPSA) is 16.1 Å². The molecule has 0 aliphatic heterocycles. The van der Waals surface area contributed by atoms with Gasteiger partial charge in [0.2, 0.25) is 0 Å². The molecule has 0 N–H and O–H groups in total. The molecule has 0 atom stereocenters. The second-order valence-corrected chi connectivity index (χ2v) is 6.69. The van der Waals surface area contributed by atoms with Crippen LogP contribution in [-0.2, 0) is 6.54 Å². The van der Waals surface area contributed by atoms with Gasteiger partial charge in [-0.25, -0.2) is 4.98 Å². The van der Waals surface area contributed by atoms with Crippen molar-refractivity contribution in [2.45, 2.75) is 6.54 Å². The molecule has 2 rings (SSSR count). The van der Waals surface area contributed by atoms with Gasteiger partial charge in [-0.2, -0.15) is 0 Å². The van der Waals surface area contributed by atoms with E-state index in [0.29, 0.717) is 0 Å². The average molecular weight is 432 g/mol. The molecule has 0 aliphatic carbocycles. The van der Waals surface area contributed by atoms with E-state index in [2.05, 4.69) is 49.2 Å². The van der Waals surface area contributed by atoms with E-state index in [4.69, 9.17) is 11.6 Å². The summed E-state index contributed by atoms with van der Waals surface area (Å²) in [4.78, 5) is 6.80. The van der Waals surface area contributed by atoms with E-state index in [0.717, 1.165) is 35.0 Å². The lowest BCUT2D eigenvalue weighted by Crippen LogP contribution is -3.00. The third-order valence-electron chi connectivity index (χ3n) is 3.30. The number of rotatable bonds is 6. The largest absolute Gasteiger partial charge is 1.00 e. The summed E-state index contributed by atoms with van der Waals surface area (Å²) in [6.45, 7) is 2.86. The molecule has 0 fully saturated rings. The normalized spacial score (nSPS) is 10.9. The standard InChI is InChI=1S/C17H23ClN3.HI/c1-21(2,3)13-12-20(17-6-4-5-11-19-17)14-15-7-9-16(18)10-8-15;/h4-11H,12-14H2,1-3H3;1H/q+1;/p-1. The lowest BCUT2D eigenvalue weighted by atomic mass is 10.2. The summed E-state index contributed by atoms with van der Waals surface area (Å²) < 4.78 is 0.934. The predicted octanol–water partition coefficient (Wildman–Crippen LogP) is 0.452. The second kappa shape index (κ2) is 8.70. The van der Waals surface area contributed by atoms with Crippen molar-refractivity contribution in [1.29, 1.82) is 0 Å². The Bertz CT molecular complexity index is 552. The van der Waals surface area contributed by atoms with Crippen LogP contribution >= 0.6 is 11.6 Å². The summed E-state index contributed by atoms with van der Waals surface area (Å²) >= 11 is 5.96. The van der Waals surface area contributed by atoms with Crippen LogP contribution in [-0.4, -0.2) is 43.7 Å². The van der Waals surface area contributed by atoms with E-state index < -0.39 is 0 Å². The smallest absolute Gasteiger partial charge is 0.128 e. The van der Waals surface area contributed by atoms with Gasteiger partial charge in [0.1, 0.15) is 5.82 Å². The van der Waals surface area contributed by atoms with Crippen LogP contribution in [0.5, 0.6) is 0 Å². The van der Waals surface area contributed by atoms with Crippen molar-refractivity contribution in [1.82, 2.24) is 4.98 Å². The van der Waals surface area contributed by atoms with E-state index >= 15 is 0 Å². The highest BCUT2D eigenvalue weighted by Gasteiger charge is 2.13. The van der Waals surface area contributed by atoms with Crippen LogP contribution in [0.15, 0.2) is 48.7 Å². The third-order valence-corrected chi connectivity index (χ3v) is 3.55. The molecular weight excluding hydrogens is 409 g/mol. The minimum Gasteiger partial charge on any atom is -1.00 e. The van der Waals surface area contributed by atoms with Crippen LogP contribution < -0.4 is 28.9 Å². The summed E-state index contributed by atoms with van der Waals surface area (Å²) in [6, 6.07) is 14.1. The first-order valence-electron chi connectivity index (χ1n) is 7.15. The fourth-order valence-corrected chi connectivity index (χ4v) is 2.17. The molecule has 0 saturated heterocycles. The highest BCUT2D eigenvalue weighted by molar-refractivity contribution is 6.30. The number of hydrogen-bond acceptors (Lipinski definition) is 2. The number of likely N-dealkylation sites (N-methyl/N-ethyl adjacent to an activating group) is 1. The van der Waals surface area contributed by atoms with Gasteiger partial charge in [0.25, 0.3) is 0 Å². The van der Waals surface area contributed by atoms with Gasteiger partial charge in [-0.15, -0.1) is 0 Å². The summed E-state index contributed by atoms with van der Waals surface area (Å²) in [6.07, 6.45) is 1.84. The average Bonchev–Trinajstić information content (AvgIpc) is 2.45. The molecule has 0 unspecified atom stereocenters. The summed E-state index contributed by atoms with van der Waals surface area (Å²) in [5, 5.41) is 0.773. The Morgan fingerprint density at radius 2 is 1.73 bits per heavy atom. The number of aromatic nitrogens is 1. The lowest BCUT2D eigenvalue weighted by Gasteiger charge is -2.29. The molecule has 5 heteroatoms. The molecule has 120 valence electrons. The van der Waals surface area contributed by atoms with Gasteiger partial charge in [-0.1, -0.05) is 29.8 Å². The molecule has 0 bridgehead atoms. The Labute approximate surface area is 155 Å². The van der Waals surface area contributed by atoms with Crippen LogP contribution in [0, 0.1) is 0 Å². The quantitative estimate of drug-likeness (QED) is 0.488. The number of quaternary nitrogens is 1. The third kappa shape index (κ3) is 6.50. The van der Waals surface area contributed by atoms with Crippen molar-refractivity contribution in [2.24, 2.45) is 0 Å². The minimum absolute atomic E-state index is 0. The number of pyridine rings is 1. The molecule has 1 aromatic heterocycles. The highest BCUT2D eigenvalue weighted by Crippen LogP contribution is 2.16. The molecule has 0 spiro atoms. The van der Waals surface area contributed by atoms with Crippen LogP contribution in [0.2, 0.25) is 5.02 Å². The number of nitrogens with zero attached hydrogens (tertiary/aromatic N) is 3. The van der Waals surface area contributed by atoms with Gasteiger partial charge in [0, 0.05) is 17.8 Å². The molecule has 0 amide bonds. The number of halogens is 2. The van der Waals surface area contributed by atoms with Crippen molar-refractivity contribution >= 4 is 17.4 Å². The Morgan fingerprint density at radius 3 is 2.27 bits per heavy atom. The lowest BCUT2D eigenvalue weighted by molar-refractivity contribution is -0.868. The first-order valence-corrected chi connectivity index (χ1v) is 7.53. The Morgan fingerprint density at radius 1 is 1.05 bits per heavy atom. The van der Waals surface area contributed by atoms with Crippen molar-refractivity contribution in [3.8, 4) is 0 Å². The molecule has 1 aromatic carbocycles. The zero-order valence-corrected chi connectivity index (χ0v) is 16.3. The molecule has 0 aliphatic rings. The fraction of sp³-hybridized carbons (Fsp3) is 0.353. The summed E-state index contributed by atoms with van der Waals surface area (Å²) in [5.41, 5.74) is 1.24. The molecule has 22 heavy (non-hydrogen) atoms. The maximum Gasteiger partial charge on any atom is 0.128 e. The van der Waals surface area contributed by atoms with Crippen molar-refractivity contribution < 1.29 is 28.5 Å².